The second-order valence-electron chi connectivity index (χ2n) is 7.72. The number of aromatic nitrogens is 1. The normalized spacial score (nSPS) is 21.6. The van der Waals surface area contributed by atoms with Crippen molar-refractivity contribution in [2.45, 2.75) is 32.9 Å². The van der Waals surface area contributed by atoms with Crippen molar-refractivity contribution in [1.29, 1.82) is 0 Å². The minimum Gasteiger partial charge on any atom is -0.387 e. The Kier molecular flexibility index (Phi) is 5.47. The molecule has 0 aliphatic carbocycles. The van der Waals surface area contributed by atoms with Gasteiger partial charge < -0.3 is 14.6 Å². The SMILES string of the molecule is CCN1CCC(C)C(O)/C1=C/c1cn(Cc2ccc(Cl)cc2)c2ccccc12. The summed E-state index contributed by atoms with van der Waals surface area (Å²) in [5, 5.41) is 12.8. The van der Waals surface area contributed by atoms with E-state index in [0.29, 0.717) is 0 Å². The Morgan fingerprint density at radius 3 is 2.64 bits per heavy atom. The molecule has 2 unspecified atom stereocenters. The molecule has 4 heteroatoms. The molecule has 1 aromatic heterocycles. The van der Waals surface area contributed by atoms with Crippen LogP contribution in [0.2, 0.25) is 5.02 Å². The Hall–Kier alpha value is -2.23. The highest BCUT2D eigenvalue weighted by atomic mass is 35.5. The Balaban J connectivity index is 1.76. The molecule has 1 aliphatic rings. The first-order chi connectivity index (χ1) is 13.6. The van der Waals surface area contributed by atoms with Crippen LogP contribution in [0.4, 0.5) is 0 Å². The highest BCUT2D eigenvalue weighted by Gasteiger charge is 2.28. The van der Waals surface area contributed by atoms with Gasteiger partial charge in [-0.25, -0.2) is 0 Å². The van der Waals surface area contributed by atoms with Crippen LogP contribution in [0.3, 0.4) is 0 Å². The summed E-state index contributed by atoms with van der Waals surface area (Å²) >= 11 is 6.03. The lowest BCUT2D eigenvalue weighted by Crippen LogP contribution is -2.40. The van der Waals surface area contributed by atoms with Crippen molar-refractivity contribution in [2.75, 3.05) is 13.1 Å². The summed E-state index contributed by atoms with van der Waals surface area (Å²) in [6, 6.07) is 16.5. The fourth-order valence-corrected chi connectivity index (χ4v) is 4.24. The largest absolute Gasteiger partial charge is 0.387 e. The molecule has 4 rings (SSSR count). The van der Waals surface area contributed by atoms with Gasteiger partial charge in [-0.05, 0) is 49.1 Å². The van der Waals surface area contributed by atoms with Crippen molar-refractivity contribution in [1.82, 2.24) is 9.47 Å². The molecule has 28 heavy (non-hydrogen) atoms. The summed E-state index contributed by atoms with van der Waals surface area (Å²) in [5.74, 6) is 0.288. The van der Waals surface area contributed by atoms with Gasteiger partial charge in [0.05, 0.1) is 6.10 Å². The molecular formula is C24H27ClN2O. The molecule has 0 radical (unpaired) electrons. The van der Waals surface area contributed by atoms with E-state index in [-0.39, 0.29) is 5.92 Å². The summed E-state index contributed by atoms with van der Waals surface area (Å²) < 4.78 is 2.28. The minimum absolute atomic E-state index is 0.288. The molecule has 146 valence electrons. The molecule has 1 aliphatic heterocycles. The van der Waals surface area contributed by atoms with Crippen LogP contribution in [0.1, 0.15) is 31.4 Å². The maximum Gasteiger partial charge on any atom is 0.0962 e. The van der Waals surface area contributed by atoms with E-state index in [9.17, 15) is 5.11 Å². The van der Waals surface area contributed by atoms with E-state index in [0.717, 1.165) is 42.3 Å². The first-order valence-electron chi connectivity index (χ1n) is 10.0. The second-order valence-corrected chi connectivity index (χ2v) is 8.15. The van der Waals surface area contributed by atoms with Crippen LogP contribution in [0.15, 0.2) is 60.4 Å². The lowest BCUT2D eigenvalue weighted by Gasteiger charge is -2.38. The number of hydrogen-bond acceptors (Lipinski definition) is 2. The van der Waals surface area contributed by atoms with Crippen molar-refractivity contribution in [2.24, 2.45) is 5.92 Å². The Labute approximate surface area is 171 Å². The van der Waals surface area contributed by atoms with E-state index in [1.165, 1.54) is 16.5 Å². The standard InChI is InChI=1S/C24H27ClN2O/c1-3-26-13-12-17(2)24(28)23(26)14-19-16-27(22-7-5-4-6-21(19)22)15-18-8-10-20(25)11-9-18/h4-11,14,16-17,24,28H,3,12-13,15H2,1-2H3/b23-14-. The van der Waals surface area contributed by atoms with Crippen molar-refractivity contribution >= 4 is 28.6 Å². The summed E-state index contributed by atoms with van der Waals surface area (Å²) in [6.07, 6.45) is 5.01. The van der Waals surface area contributed by atoms with Gasteiger partial charge >= 0.3 is 0 Å². The number of piperidine rings is 1. The number of hydrogen-bond donors (Lipinski definition) is 1. The highest BCUT2D eigenvalue weighted by Crippen LogP contribution is 2.31. The van der Waals surface area contributed by atoms with Gasteiger partial charge in [0, 0.05) is 53.0 Å². The third kappa shape index (κ3) is 3.69. The average molecular weight is 395 g/mol. The van der Waals surface area contributed by atoms with Crippen molar-refractivity contribution in [3.05, 3.63) is 76.6 Å². The highest BCUT2D eigenvalue weighted by molar-refractivity contribution is 6.30. The summed E-state index contributed by atoms with van der Waals surface area (Å²) in [4.78, 5) is 2.30. The number of benzene rings is 2. The van der Waals surface area contributed by atoms with Gasteiger partial charge in [0.25, 0.3) is 0 Å². The number of nitrogens with zero attached hydrogens (tertiary/aromatic N) is 2. The van der Waals surface area contributed by atoms with Crippen LogP contribution < -0.4 is 0 Å². The number of aliphatic hydroxyl groups excluding tert-OH is 1. The Bertz CT molecular complexity index is 986. The fraction of sp³-hybridized carbons (Fsp3) is 0.333. The lowest BCUT2D eigenvalue weighted by molar-refractivity contribution is 0.0772. The molecular weight excluding hydrogens is 368 g/mol. The summed E-state index contributed by atoms with van der Waals surface area (Å²) in [7, 11) is 0. The number of likely N-dealkylation sites (tertiary alicyclic amines) is 1. The summed E-state index contributed by atoms with van der Waals surface area (Å²) in [6.45, 7) is 7.00. The zero-order valence-electron chi connectivity index (χ0n) is 16.5. The van der Waals surface area contributed by atoms with Crippen molar-refractivity contribution in [3.63, 3.8) is 0 Å². The van der Waals surface area contributed by atoms with Gasteiger partial charge in [-0.2, -0.15) is 0 Å². The van der Waals surface area contributed by atoms with E-state index >= 15 is 0 Å². The second kappa shape index (κ2) is 8.02. The van der Waals surface area contributed by atoms with Crippen LogP contribution in [0, 0.1) is 5.92 Å². The molecule has 3 nitrogen and oxygen atoms in total. The molecule has 1 saturated heterocycles. The first kappa shape index (κ1) is 19.1. The number of fused-ring (bicyclic) bond motifs is 1. The smallest absolute Gasteiger partial charge is 0.0962 e. The molecule has 2 aromatic carbocycles. The third-order valence-electron chi connectivity index (χ3n) is 5.83. The molecule has 1 fully saturated rings. The van der Waals surface area contributed by atoms with Crippen LogP contribution in [0.25, 0.3) is 17.0 Å². The predicted molar refractivity (Wildman–Crippen MR) is 118 cm³/mol. The zero-order valence-corrected chi connectivity index (χ0v) is 17.2. The van der Waals surface area contributed by atoms with Gasteiger partial charge in [-0.1, -0.05) is 48.9 Å². The quantitative estimate of drug-likeness (QED) is 0.641. The predicted octanol–water partition coefficient (Wildman–Crippen LogP) is 5.41. The van der Waals surface area contributed by atoms with E-state index < -0.39 is 6.10 Å². The third-order valence-corrected chi connectivity index (χ3v) is 6.08. The molecule has 0 saturated carbocycles. The molecule has 2 atom stereocenters. The van der Waals surface area contributed by atoms with Crippen molar-refractivity contribution < 1.29 is 5.11 Å². The molecule has 0 bridgehead atoms. The average Bonchev–Trinajstić information content (AvgIpc) is 3.05. The Morgan fingerprint density at radius 1 is 1.14 bits per heavy atom. The number of likely N-dealkylation sites (N-methyl/N-ethyl adjacent to an activating group) is 1. The maximum atomic E-state index is 10.8. The molecule has 0 spiro atoms. The van der Waals surface area contributed by atoms with E-state index in [2.05, 4.69) is 72.0 Å². The van der Waals surface area contributed by atoms with Crippen LogP contribution in [-0.2, 0) is 6.54 Å². The van der Waals surface area contributed by atoms with Gasteiger partial charge in [-0.3, -0.25) is 0 Å². The van der Waals surface area contributed by atoms with Gasteiger partial charge in [0.15, 0.2) is 0 Å². The van der Waals surface area contributed by atoms with E-state index in [1.807, 2.05) is 12.1 Å². The first-order valence-corrected chi connectivity index (χ1v) is 10.4. The van der Waals surface area contributed by atoms with Crippen molar-refractivity contribution in [3.8, 4) is 0 Å². The monoisotopic (exact) mass is 394 g/mol. The number of para-hydroxylation sites is 1. The lowest BCUT2D eigenvalue weighted by atomic mass is 9.92. The maximum absolute atomic E-state index is 10.8. The Morgan fingerprint density at radius 2 is 1.89 bits per heavy atom. The van der Waals surface area contributed by atoms with E-state index in [4.69, 9.17) is 11.6 Å². The minimum atomic E-state index is -0.410. The molecule has 2 heterocycles. The van der Waals surface area contributed by atoms with Crippen LogP contribution in [-0.4, -0.2) is 33.8 Å². The van der Waals surface area contributed by atoms with Gasteiger partial charge in [-0.15, -0.1) is 0 Å². The van der Waals surface area contributed by atoms with Crippen LogP contribution >= 0.6 is 11.6 Å². The number of rotatable bonds is 4. The molecule has 0 amide bonds. The number of halogens is 1. The van der Waals surface area contributed by atoms with E-state index in [1.54, 1.807) is 0 Å². The number of aliphatic hydroxyl groups is 1. The van der Waals surface area contributed by atoms with Crippen LogP contribution in [0.5, 0.6) is 0 Å². The van der Waals surface area contributed by atoms with Gasteiger partial charge in [0.1, 0.15) is 0 Å². The van der Waals surface area contributed by atoms with Gasteiger partial charge in [0.2, 0.25) is 0 Å². The molecule has 1 N–H and O–H groups in total. The topological polar surface area (TPSA) is 28.4 Å². The molecule has 3 aromatic rings. The zero-order chi connectivity index (χ0) is 19.7. The summed E-state index contributed by atoms with van der Waals surface area (Å²) in [5.41, 5.74) is 4.61. The fourth-order valence-electron chi connectivity index (χ4n) is 4.11.